The van der Waals surface area contributed by atoms with Crippen LogP contribution < -0.4 is 0 Å². The minimum Gasteiger partial charge on any atom is -0.507 e. The molecule has 0 heterocycles. The normalized spacial score (nSPS) is 10.7. The molecular weight excluding hydrogens is 264 g/mol. The number of nitro groups is 1. The number of nitro benzene ring substituents is 1. The summed E-state index contributed by atoms with van der Waals surface area (Å²) >= 11 is 0.996. The molecule has 0 aliphatic heterocycles. The molecule has 5 nitrogen and oxygen atoms in total. The zero-order valence-corrected chi connectivity index (χ0v) is 10.6. The molecule has 0 saturated carbocycles. The van der Waals surface area contributed by atoms with Crippen LogP contribution in [0, 0.1) is 10.1 Å². The zero-order chi connectivity index (χ0) is 13.7. The highest BCUT2D eigenvalue weighted by Crippen LogP contribution is 2.29. The summed E-state index contributed by atoms with van der Waals surface area (Å²) in [5.74, 6) is 0.120. The fraction of sp³-hybridized carbons (Fsp3) is 0. The molecule has 2 rings (SSSR count). The molecule has 96 valence electrons. The Morgan fingerprint density at radius 1 is 1.16 bits per heavy atom. The fourth-order valence-corrected chi connectivity index (χ4v) is 2.08. The largest absolute Gasteiger partial charge is 0.507 e. The van der Waals surface area contributed by atoms with E-state index in [9.17, 15) is 15.2 Å². The van der Waals surface area contributed by atoms with Crippen molar-refractivity contribution in [1.82, 2.24) is 0 Å². The second-order valence-corrected chi connectivity index (χ2v) is 4.44. The minimum absolute atomic E-state index is 0.0157. The number of aromatic hydroxyl groups is 1. The van der Waals surface area contributed by atoms with Gasteiger partial charge in [0, 0.05) is 29.8 Å². The quantitative estimate of drug-likeness (QED) is 0.401. The second-order valence-electron chi connectivity index (χ2n) is 3.61. The van der Waals surface area contributed by atoms with E-state index in [0.717, 1.165) is 11.9 Å². The van der Waals surface area contributed by atoms with Gasteiger partial charge in [0.1, 0.15) is 10.6 Å². The molecule has 0 amide bonds. The van der Waals surface area contributed by atoms with Crippen LogP contribution >= 0.6 is 11.9 Å². The van der Waals surface area contributed by atoms with Gasteiger partial charge in [-0.15, -0.1) is 0 Å². The van der Waals surface area contributed by atoms with E-state index < -0.39 is 4.92 Å². The third kappa shape index (κ3) is 3.32. The predicted molar refractivity (Wildman–Crippen MR) is 74.7 cm³/mol. The molecule has 0 aromatic heterocycles. The number of rotatable bonds is 4. The van der Waals surface area contributed by atoms with Gasteiger partial charge in [0.2, 0.25) is 0 Å². The van der Waals surface area contributed by atoms with Crippen molar-refractivity contribution in [3.05, 3.63) is 64.2 Å². The van der Waals surface area contributed by atoms with E-state index in [4.69, 9.17) is 0 Å². The topological polar surface area (TPSA) is 75.7 Å². The van der Waals surface area contributed by atoms with Gasteiger partial charge in [0.05, 0.1) is 4.92 Å². The van der Waals surface area contributed by atoms with Gasteiger partial charge in [-0.3, -0.25) is 10.1 Å². The fourth-order valence-electron chi connectivity index (χ4n) is 1.42. The van der Waals surface area contributed by atoms with E-state index >= 15 is 0 Å². The van der Waals surface area contributed by atoms with Crippen molar-refractivity contribution in [2.75, 3.05) is 0 Å². The summed E-state index contributed by atoms with van der Waals surface area (Å²) in [4.78, 5) is 10.8. The highest BCUT2D eigenvalue weighted by molar-refractivity contribution is 7.98. The maximum absolute atomic E-state index is 10.8. The SMILES string of the molecule is O=[N+]([O-])c1ccccc1S/N=C/c1ccccc1O. The summed E-state index contributed by atoms with van der Waals surface area (Å²) in [5, 5.41) is 20.4. The van der Waals surface area contributed by atoms with Crippen molar-refractivity contribution in [2.45, 2.75) is 4.90 Å². The van der Waals surface area contributed by atoms with Crippen LogP contribution in [0.2, 0.25) is 0 Å². The average molecular weight is 274 g/mol. The lowest BCUT2D eigenvalue weighted by atomic mass is 10.2. The van der Waals surface area contributed by atoms with Crippen molar-refractivity contribution in [2.24, 2.45) is 4.40 Å². The van der Waals surface area contributed by atoms with Crippen LogP contribution in [0.3, 0.4) is 0 Å². The minimum atomic E-state index is -0.447. The lowest BCUT2D eigenvalue weighted by Gasteiger charge is -1.98. The highest BCUT2D eigenvalue weighted by Gasteiger charge is 2.12. The van der Waals surface area contributed by atoms with E-state index in [1.165, 1.54) is 12.3 Å². The number of phenols is 1. The van der Waals surface area contributed by atoms with Crippen LogP contribution in [0.1, 0.15) is 5.56 Å². The summed E-state index contributed by atoms with van der Waals surface area (Å²) < 4.78 is 4.04. The molecule has 0 fully saturated rings. The van der Waals surface area contributed by atoms with E-state index in [2.05, 4.69) is 4.40 Å². The standard InChI is InChI=1S/C13H10N2O3S/c16-12-7-3-1-5-10(12)9-14-19-13-8-4-2-6-11(13)15(17)18/h1-9,16H/b14-9+. The van der Waals surface area contributed by atoms with Gasteiger partial charge in [-0.05, 0) is 18.2 Å². The maximum atomic E-state index is 10.8. The molecule has 1 N–H and O–H groups in total. The van der Waals surface area contributed by atoms with Gasteiger partial charge in [-0.1, -0.05) is 24.3 Å². The first-order valence-corrected chi connectivity index (χ1v) is 6.17. The van der Waals surface area contributed by atoms with E-state index in [1.807, 2.05) is 0 Å². The predicted octanol–water partition coefficient (Wildman–Crippen LogP) is 3.43. The molecular formula is C13H10N2O3S. The second kappa shape index (κ2) is 6.01. The summed E-state index contributed by atoms with van der Waals surface area (Å²) in [5.41, 5.74) is 0.579. The summed E-state index contributed by atoms with van der Waals surface area (Å²) in [6.45, 7) is 0. The van der Waals surface area contributed by atoms with Gasteiger partial charge in [-0.25, -0.2) is 4.40 Å². The van der Waals surface area contributed by atoms with Crippen molar-refractivity contribution >= 4 is 23.8 Å². The first-order chi connectivity index (χ1) is 9.18. The van der Waals surface area contributed by atoms with Crippen molar-refractivity contribution in [3.8, 4) is 5.75 Å². The van der Waals surface area contributed by atoms with Gasteiger partial charge >= 0.3 is 0 Å². The Kier molecular flexibility index (Phi) is 4.15. The molecule has 0 radical (unpaired) electrons. The van der Waals surface area contributed by atoms with Crippen LogP contribution in [-0.4, -0.2) is 16.2 Å². The van der Waals surface area contributed by atoms with Gasteiger partial charge < -0.3 is 5.11 Å². The van der Waals surface area contributed by atoms with E-state index in [1.54, 1.807) is 42.5 Å². The van der Waals surface area contributed by atoms with Gasteiger partial charge in [0.25, 0.3) is 5.69 Å². The number of para-hydroxylation sites is 2. The Morgan fingerprint density at radius 3 is 2.58 bits per heavy atom. The lowest BCUT2D eigenvalue weighted by molar-refractivity contribution is -0.387. The van der Waals surface area contributed by atoms with Crippen LogP contribution in [0.15, 0.2) is 57.8 Å². The molecule has 0 atom stereocenters. The van der Waals surface area contributed by atoms with Crippen LogP contribution in [0.5, 0.6) is 5.75 Å². The number of benzene rings is 2. The van der Waals surface area contributed by atoms with Gasteiger partial charge in [0.15, 0.2) is 0 Å². The number of hydrogen-bond donors (Lipinski definition) is 1. The molecule has 6 heteroatoms. The molecule has 0 unspecified atom stereocenters. The number of phenolic OH excluding ortho intramolecular Hbond substituents is 1. The average Bonchev–Trinajstić information content (AvgIpc) is 2.41. The van der Waals surface area contributed by atoms with E-state index in [0.29, 0.717) is 10.5 Å². The molecule has 0 aliphatic carbocycles. The molecule has 2 aromatic rings. The maximum Gasteiger partial charge on any atom is 0.284 e. The van der Waals surface area contributed by atoms with Crippen LogP contribution in [0.4, 0.5) is 5.69 Å². The molecule has 0 bridgehead atoms. The smallest absolute Gasteiger partial charge is 0.284 e. The Labute approximate surface area is 113 Å². The number of nitrogens with zero attached hydrogens (tertiary/aromatic N) is 2. The summed E-state index contributed by atoms with van der Waals surface area (Å²) in [6, 6.07) is 13.1. The molecule has 0 saturated heterocycles. The molecule has 0 aliphatic rings. The highest BCUT2D eigenvalue weighted by atomic mass is 32.2. The Balaban J connectivity index is 2.15. The monoisotopic (exact) mass is 274 g/mol. The van der Waals surface area contributed by atoms with Crippen molar-refractivity contribution in [3.63, 3.8) is 0 Å². The van der Waals surface area contributed by atoms with Crippen LogP contribution in [-0.2, 0) is 0 Å². The number of hydrogen-bond acceptors (Lipinski definition) is 5. The lowest BCUT2D eigenvalue weighted by Crippen LogP contribution is -1.89. The Hall–Kier alpha value is -2.34. The molecule has 2 aromatic carbocycles. The first-order valence-electron chi connectivity index (χ1n) is 5.40. The third-order valence-electron chi connectivity index (χ3n) is 2.34. The van der Waals surface area contributed by atoms with E-state index in [-0.39, 0.29) is 11.4 Å². The van der Waals surface area contributed by atoms with Crippen molar-refractivity contribution < 1.29 is 10.0 Å². The molecule has 0 spiro atoms. The zero-order valence-electron chi connectivity index (χ0n) is 9.76. The van der Waals surface area contributed by atoms with Crippen molar-refractivity contribution in [1.29, 1.82) is 0 Å². The Bertz CT molecular complexity index is 629. The van der Waals surface area contributed by atoms with Crippen LogP contribution in [0.25, 0.3) is 0 Å². The summed E-state index contributed by atoms with van der Waals surface area (Å²) in [6.07, 6.45) is 1.47. The summed E-state index contributed by atoms with van der Waals surface area (Å²) in [7, 11) is 0. The Morgan fingerprint density at radius 2 is 1.84 bits per heavy atom. The molecule has 19 heavy (non-hydrogen) atoms. The third-order valence-corrected chi connectivity index (χ3v) is 3.09. The van der Waals surface area contributed by atoms with Gasteiger partial charge in [-0.2, -0.15) is 0 Å². The first kappa shape index (κ1) is 13.1.